The molecule has 1 atom stereocenters. The van der Waals surface area contributed by atoms with Crippen LogP contribution in [0, 0.1) is 19.7 Å². The SMILES string of the molecule is COc1cc(C)cc(C)c1C(O)Cc1c(F)cccc1Cl. The lowest BCUT2D eigenvalue weighted by molar-refractivity contribution is 0.172. The summed E-state index contributed by atoms with van der Waals surface area (Å²) in [5.41, 5.74) is 2.94. The van der Waals surface area contributed by atoms with Gasteiger partial charge < -0.3 is 9.84 Å². The van der Waals surface area contributed by atoms with Crippen LogP contribution < -0.4 is 4.74 Å². The predicted molar refractivity (Wildman–Crippen MR) is 82.5 cm³/mol. The molecule has 2 aromatic rings. The summed E-state index contributed by atoms with van der Waals surface area (Å²) in [7, 11) is 1.56. The summed E-state index contributed by atoms with van der Waals surface area (Å²) < 4.78 is 19.2. The first-order chi connectivity index (χ1) is 9.93. The largest absolute Gasteiger partial charge is 0.496 e. The standard InChI is InChI=1S/C17H18ClFO2/c1-10-7-11(2)17(16(8-10)21-3)15(20)9-12-13(18)5-4-6-14(12)19/h4-8,15,20H,9H2,1-3H3. The molecule has 112 valence electrons. The van der Waals surface area contributed by atoms with Gasteiger partial charge in [-0.1, -0.05) is 23.7 Å². The van der Waals surface area contributed by atoms with Crippen LogP contribution >= 0.6 is 11.6 Å². The van der Waals surface area contributed by atoms with Gasteiger partial charge in [-0.05, 0) is 43.2 Å². The average molecular weight is 309 g/mol. The minimum absolute atomic E-state index is 0.103. The maximum absolute atomic E-state index is 13.8. The first-order valence-electron chi connectivity index (χ1n) is 6.70. The van der Waals surface area contributed by atoms with Crippen molar-refractivity contribution in [1.82, 2.24) is 0 Å². The van der Waals surface area contributed by atoms with E-state index in [2.05, 4.69) is 0 Å². The summed E-state index contributed by atoms with van der Waals surface area (Å²) in [5, 5.41) is 10.8. The van der Waals surface area contributed by atoms with Gasteiger partial charge in [0.05, 0.1) is 13.2 Å². The maximum Gasteiger partial charge on any atom is 0.127 e. The Labute approximate surface area is 129 Å². The summed E-state index contributed by atoms with van der Waals surface area (Å²) in [6.07, 6.45) is -0.777. The van der Waals surface area contributed by atoms with E-state index in [1.54, 1.807) is 19.2 Å². The fourth-order valence-electron chi connectivity index (χ4n) is 2.56. The molecule has 21 heavy (non-hydrogen) atoms. The van der Waals surface area contributed by atoms with Gasteiger partial charge in [-0.15, -0.1) is 0 Å². The maximum atomic E-state index is 13.8. The molecule has 0 aliphatic rings. The van der Waals surface area contributed by atoms with Crippen LogP contribution in [-0.2, 0) is 6.42 Å². The fourth-order valence-corrected chi connectivity index (χ4v) is 2.80. The van der Waals surface area contributed by atoms with Crippen molar-refractivity contribution in [2.75, 3.05) is 7.11 Å². The molecular weight excluding hydrogens is 291 g/mol. The Hall–Kier alpha value is -1.58. The van der Waals surface area contributed by atoms with Crippen molar-refractivity contribution in [1.29, 1.82) is 0 Å². The zero-order valence-corrected chi connectivity index (χ0v) is 13.0. The van der Waals surface area contributed by atoms with Crippen molar-refractivity contribution in [3.8, 4) is 5.75 Å². The molecule has 4 heteroatoms. The average Bonchev–Trinajstić information content (AvgIpc) is 2.41. The van der Waals surface area contributed by atoms with E-state index in [9.17, 15) is 9.50 Å². The molecule has 2 rings (SSSR count). The molecular formula is C17H18ClFO2. The number of hydrogen-bond donors (Lipinski definition) is 1. The molecule has 0 amide bonds. The van der Waals surface area contributed by atoms with E-state index in [1.807, 2.05) is 26.0 Å². The third kappa shape index (κ3) is 3.36. The van der Waals surface area contributed by atoms with Crippen molar-refractivity contribution >= 4 is 11.6 Å². The van der Waals surface area contributed by atoms with E-state index < -0.39 is 11.9 Å². The zero-order chi connectivity index (χ0) is 15.6. The molecule has 1 unspecified atom stereocenters. The Kier molecular flexibility index (Phi) is 4.86. The van der Waals surface area contributed by atoms with E-state index in [0.29, 0.717) is 21.9 Å². The van der Waals surface area contributed by atoms with Crippen LogP contribution in [0.15, 0.2) is 30.3 Å². The minimum Gasteiger partial charge on any atom is -0.496 e. The molecule has 0 saturated carbocycles. The lowest BCUT2D eigenvalue weighted by atomic mass is 9.95. The molecule has 2 nitrogen and oxygen atoms in total. The predicted octanol–water partition coefficient (Wildman–Crippen LogP) is 4.38. The van der Waals surface area contributed by atoms with Gasteiger partial charge in [0.15, 0.2) is 0 Å². The Morgan fingerprint density at radius 2 is 2.00 bits per heavy atom. The highest BCUT2D eigenvalue weighted by atomic mass is 35.5. The number of aliphatic hydroxyl groups excluding tert-OH is 1. The molecule has 0 aromatic heterocycles. The Morgan fingerprint density at radius 3 is 2.62 bits per heavy atom. The number of benzene rings is 2. The van der Waals surface area contributed by atoms with Crippen LogP contribution in [0.3, 0.4) is 0 Å². The molecule has 0 aliphatic carbocycles. The lowest BCUT2D eigenvalue weighted by Gasteiger charge is -2.19. The second kappa shape index (κ2) is 6.46. The molecule has 2 aromatic carbocycles. The molecule has 0 aliphatic heterocycles. The number of methoxy groups -OCH3 is 1. The number of hydrogen-bond acceptors (Lipinski definition) is 2. The summed E-state index contributed by atoms with van der Waals surface area (Å²) in [6, 6.07) is 8.32. The minimum atomic E-state index is -0.880. The van der Waals surface area contributed by atoms with Gasteiger partial charge in [-0.25, -0.2) is 4.39 Å². The second-order valence-corrected chi connectivity index (χ2v) is 5.53. The fraction of sp³-hybridized carbons (Fsp3) is 0.294. The zero-order valence-electron chi connectivity index (χ0n) is 12.3. The third-order valence-electron chi connectivity index (χ3n) is 3.51. The van der Waals surface area contributed by atoms with Gasteiger partial charge in [0.25, 0.3) is 0 Å². The second-order valence-electron chi connectivity index (χ2n) is 5.12. The van der Waals surface area contributed by atoms with E-state index in [1.165, 1.54) is 6.07 Å². The number of ether oxygens (including phenoxy) is 1. The highest BCUT2D eigenvalue weighted by molar-refractivity contribution is 6.31. The van der Waals surface area contributed by atoms with Crippen molar-refractivity contribution in [3.63, 3.8) is 0 Å². The number of halogens is 2. The molecule has 0 bridgehead atoms. The van der Waals surface area contributed by atoms with Crippen LogP contribution in [0.2, 0.25) is 5.02 Å². The highest BCUT2D eigenvalue weighted by Crippen LogP contribution is 2.33. The van der Waals surface area contributed by atoms with Gasteiger partial charge in [-0.3, -0.25) is 0 Å². The molecule has 0 spiro atoms. The molecule has 0 fully saturated rings. The van der Waals surface area contributed by atoms with Crippen molar-refractivity contribution in [2.45, 2.75) is 26.4 Å². The van der Waals surface area contributed by atoms with Gasteiger partial charge in [0, 0.05) is 22.6 Å². The Bertz CT molecular complexity index is 635. The van der Waals surface area contributed by atoms with Crippen LogP contribution in [0.25, 0.3) is 0 Å². The topological polar surface area (TPSA) is 29.5 Å². The summed E-state index contributed by atoms with van der Waals surface area (Å²) in [4.78, 5) is 0. The smallest absolute Gasteiger partial charge is 0.127 e. The molecule has 0 saturated heterocycles. The van der Waals surface area contributed by atoms with E-state index in [4.69, 9.17) is 16.3 Å². The van der Waals surface area contributed by atoms with E-state index in [-0.39, 0.29) is 6.42 Å². The monoisotopic (exact) mass is 308 g/mol. The summed E-state index contributed by atoms with van der Waals surface area (Å²) in [5.74, 6) is 0.192. The van der Waals surface area contributed by atoms with Crippen molar-refractivity contribution in [2.24, 2.45) is 0 Å². The van der Waals surface area contributed by atoms with E-state index >= 15 is 0 Å². The highest BCUT2D eigenvalue weighted by Gasteiger charge is 2.20. The first-order valence-corrected chi connectivity index (χ1v) is 7.08. The molecule has 1 N–H and O–H groups in total. The van der Waals surface area contributed by atoms with Gasteiger partial charge in [-0.2, -0.15) is 0 Å². The molecule has 0 heterocycles. The van der Waals surface area contributed by atoms with Crippen molar-refractivity contribution < 1.29 is 14.2 Å². The lowest BCUT2D eigenvalue weighted by Crippen LogP contribution is -2.08. The van der Waals surface area contributed by atoms with Crippen LogP contribution in [-0.4, -0.2) is 12.2 Å². The van der Waals surface area contributed by atoms with Gasteiger partial charge >= 0.3 is 0 Å². The van der Waals surface area contributed by atoms with Gasteiger partial charge in [0.2, 0.25) is 0 Å². The quantitative estimate of drug-likeness (QED) is 0.908. The number of aryl methyl sites for hydroxylation is 2. The Morgan fingerprint density at radius 1 is 1.29 bits per heavy atom. The van der Waals surface area contributed by atoms with Crippen LogP contribution in [0.1, 0.15) is 28.4 Å². The van der Waals surface area contributed by atoms with Crippen LogP contribution in [0.5, 0.6) is 5.75 Å². The number of aliphatic hydroxyl groups is 1. The summed E-state index contributed by atoms with van der Waals surface area (Å²) in [6.45, 7) is 3.86. The number of rotatable bonds is 4. The third-order valence-corrected chi connectivity index (χ3v) is 3.86. The van der Waals surface area contributed by atoms with E-state index in [0.717, 1.165) is 11.1 Å². The Balaban J connectivity index is 2.39. The van der Waals surface area contributed by atoms with Gasteiger partial charge in [0.1, 0.15) is 11.6 Å². The molecule has 0 radical (unpaired) electrons. The normalized spacial score (nSPS) is 12.3. The first kappa shape index (κ1) is 15.8. The van der Waals surface area contributed by atoms with Crippen LogP contribution in [0.4, 0.5) is 4.39 Å². The van der Waals surface area contributed by atoms with Crippen molar-refractivity contribution in [3.05, 3.63) is 63.4 Å². The summed E-state index contributed by atoms with van der Waals surface area (Å²) >= 11 is 6.02.